The number of carbonyl (C=O) groups excluding carboxylic acids is 2. The van der Waals surface area contributed by atoms with Crippen LogP contribution in [-0.4, -0.2) is 82.4 Å². The Kier molecular flexibility index (Phi) is 7.86. The van der Waals surface area contributed by atoms with Gasteiger partial charge < -0.3 is 24.6 Å². The monoisotopic (exact) mass is 529 g/mol. The minimum Gasteiger partial charge on any atom is -0.497 e. The average Bonchev–Trinajstić information content (AvgIpc) is 3.46. The van der Waals surface area contributed by atoms with Crippen molar-refractivity contribution >= 4 is 23.6 Å². The van der Waals surface area contributed by atoms with Gasteiger partial charge in [0.2, 0.25) is 0 Å². The quantitative estimate of drug-likeness (QED) is 0.347. The van der Waals surface area contributed by atoms with Crippen LogP contribution in [-0.2, 0) is 16.0 Å². The van der Waals surface area contributed by atoms with Crippen LogP contribution in [0.25, 0.3) is 16.9 Å². The van der Waals surface area contributed by atoms with Gasteiger partial charge in [0.15, 0.2) is 0 Å². The number of esters is 1. The number of aromatic nitrogens is 4. The number of amides is 2. The summed E-state index contributed by atoms with van der Waals surface area (Å²) in [6, 6.07) is 16.3. The molecule has 1 fully saturated rings. The Morgan fingerprint density at radius 2 is 1.74 bits per heavy atom. The molecule has 2 aromatic heterocycles. The first kappa shape index (κ1) is 26.0. The Balaban J connectivity index is 1.31. The van der Waals surface area contributed by atoms with Crippen LogP contribution >= 0.6 is 0 Å². The number of hydrogen-bond donors (Lipinski definition) is 1. The van der Waals surface area contributed by atoms with Gasteiger partial charge in [0.05, 0.1) is 13.7 Å². The number of anilines is 1. The van der Waals surface area contributed by atoms with Crippen molar-refractivity contribution in [2.75, 3.05) is 44.8 Å². The molecule has 202 valence electrons. The number of hydrogen-bond acceptors (Lipinski definition) is 8. The van der Waals surface area contributed by atoms with Crippen molar-refractivity contribution in [3.63, 3.8) is 0 Å². The molecule has 0 spiro atoms. The molecule has 1 saturated heterocycles. The molecule has 5 rings (SSSR count). The van der Waals surface area contributed by atoms with E-state index in [0.29, 0.717) is 38.4 Å². The van der Waals surface area contributed by atoms with Gasteiger partial charge in [0.25, 0.3) is 5.78 Å². The summed E-state index contributed by atoms with van der Waals surface area (Å²) >= 11 is 0. The molecule has 1 aliphatic heterocycles. The minimum atomic E-state index is -0.769. The lowest BCUT2D eigenvalue weighted by atomic mass is 10.1. The fourth-order valence-electron chi connectivity index (χ4n) is 4.69. The Hall–Kier alpha value is -4.67. The van der Waals surface area contributed by atoms with Gasteiger partial charge in [0.1, 0.15) is 23.9 Å². The molecule has 4 aromatic rings. The van der Waals surface area contributed by atoms with Crippen molar-refractivity contribution in [2.24, 2.45) is 0 Å². The molecule has 1 aliphatic rings. The van der Waals surface area contributed by atoms with E-state index in [4.69, 9.17) is 9.47 Å². The van der Waals surface area contributed by atoms with Gasteiger partial charge in [-0.15, -0.1) is 0 Å². The maximum atomic E-state index is 13.2. The molecule has 39 heavy (non-hydrogen) atoms. The van der Waals surface area contributed by atoms with Crippen LogP contribution in [0.15, 0.2) is 67.1 Å². The maximum absolute atomic E-state index is 13.2. The molecule has 0 bridgehead atoms. The van der Waals surface area contributed by atoms with E-state index in [-0.39, 0.29) is 12.6 Å². The largest absolute Gasteiger partial charge is 0.497 e. The van der Waals surface area contributed by atoms with E-state index < -0.39 is 12.0 Å². The number of carbonyl (C=O) groups is 2. The highest BCUT2D eigenvalue weighted by atomic mass is 16.5. The molecule has 11 heteroatoms. The maximum Gasteiger partial charge on any atom is 0.329 e. The zero-order valence-electron chi connectivity index (χ0n) is 22.0. The summed E-state index contributed by atoms with van der Waals surface area (Å²) in [6.45, 7) is 4.07. The molecular weight excluding hydrogens is 498 g/mol. The smallest absolute Gasteiger partial charge is 0.329 e. The minimum absolute atomic E-state index is 0.248. The van der Waals surface area contributed by atoms with Crippen LogP contribution in [0.1, 0.15) is 12.5 Å². The molecule has 3 heterocycles. The van der Waals surface area contributed by atoms with Crippen molar-refractivity contribution in [3.8, 4) is 16.9 Å². The van der Waals surface area contributed by atoms with Crippen LogP contribution in [0.5, 0.6) is 5.75 Å². The predicted octanol–water partition coefficient (Wildman–Crippen LogP) is 2.81. The van der Waals surface area contributed by atoms with Crippen molar-refractivity contribution < 1.29 is 19.1 Å². The number of methoxy groups -OCH3 is 1. The van der Waals surface area contributed by atoms with Gasteiger partial charge >= 0.3 is 12.0 Å². The molecule has 0 saturated carbocycles. The van der Waals surface area contributed by atoms with Gasteiger partial charge in [-0.3, -0.25) is 0 Å². The van der Waals surface area contributed by atoms with E-state index in [9.17, 15) is 9.59 Å². The summed E-state index contributed by atoms with van der Waals surface area (Å²) in [6.07, 6.45) is 3.64. The first-order valence-corrected chi connectivity index (χ1v) is 12.9. The number of rotatable bonds is 8. The molecule has 1 N–H and O–H groups in total. The second-order valence-corrected chi connectivity index (χ2v) is 9.11. The average molecular weight is 530 g/mol. The van der Waals surface area contributed by atoms with Crippen LogP contribution in [0.4, 0.5) is 10.6 Å². The number of urea groups is 1. The molecular formula is C28H31N7O4. The number of fused-ring (bicyclic) bond motifs is 1. The number of piperazine rings is 1. The Bertz CT molecular complexity index is 1420. The predicted molar refractivity (Wildman–Crippen MR) is 146 cm³/mol. The zero-order chi connectivity index (χ0) is 27.2. The highest BCUT2D eigenvalue weighted by Gasteiger charge is 2.29. The SMILES string of the molecule is CCOC(=O)[C@H](Cc1ccccc1)NC(=O)N1CCN(c2c(-c3ccc(OC)cc3)cnc3ncnn23)CC1. The third kappa shape index (κ3) is 5.77. The van der Waals surface area contributed by atoms with E-state index in [1.807, 2.05) is 54.6 Å². The van der Waals surface area contributed by atoms with Crippen molar-refractivity contribution in [1.82, 2.24) is 29.8 Å². The molecule has 0 aliphatic carbocycles. The Morgan fingerprint density at radius 1 is 1.00 bits per heavy atom. The lowest BCUT2D eigenvalue weighted by molar-refractivity contribution is -0.145. The third-order valence-electron chi connectivity index (χ3n) is 6.70. The van der Waals surface area contributed by atoms with E-state index in [0.717, 1.165) is 28.3 Å². The van der Waals surface area contributed by atoms with Gasteiger partial charge in [-0.25, -0.2) is 14.6 Å². The summed E-state index contributed by atoms with van der Waals surface area (Å²) in [5.74, 6) is 1.68. The Labute approximate surface area is 226 Å². The lowest BCUT2D eigenvalue weighted by Gasteiger charge is -2.37. The van der Waals surface area contributed by atoms with Gasteiger partial charge in [0, 0.05) is 44.4 Å². The van der Waals surface area contributed by atoms with Gasteiger partial charge in [-0.05, 0) is 30.2 Å². The molecule has 11 nitrogen and oxygen atoms in total. The molecule has 0 radical (unpaired) electrons. The normalized spacial score (nSPS) is 14.2. The van der Waals surface area contributed by atoms with Crippen LogP contribution in [0, 0.1) is 0 Å². The van der Waals surface area contributed by atoms with Gasteiger partial charge in [-0.1, -0.05) is 42.5 Å². The first-order valence-electron chi connectivity index (χ1n) is 12.9. The van der Waals surface area contributed by atoms with Crippen molar-refractivity contribution in [3.05, 3.63) is 72.7 Å². The lowest BCUT2D eigenvalue weighted by Crippen LogP contribution is -2.55. The summed E-state index contributed by atoms with van der Waals surface area (Å²) in [5, 5.41) is 7.31. The number of ether oxygens (including phenoxy) is 2. The fourth-order valence-corrected chi connectivity index (χ4v) is 4.69. The summed E-state index contributed by atoms with van der Waals surface area (Å²) in [7, 11) is 1.63. The van der Waals surface area contributed by atoms with E-state index in [1.54, 1.807) is 29.6 Å². The van der Waals surface area contributed by atoms with E-state index in [1.165, 1.54) is 6.33 Å². The molecule has 2 amide bonds. The van der Waals surface area contributed by atoms with Crippen LogP contribution in [0.3, 0.4) is 0 Å². The zero-order valence-corrected chi connectivity index (χ0v) is 22.0. The standard InChI is InChI=1S/C28H31N7O4/c1-3-39-26(36)24(17-20-7-5-4-6-8-20)32-28(37)34-15-13-33(14-16-34)25-23(18-29-27-30-19-31-35(25)27)21-9-11-22(38-2)12-10-21/h4-12,18-19,24H,3,13-17H2,1-2H3,(H,32,37)/t24-/m0/s1. The van der Waals surface area contributed by atoms with Crippen LogP contribution in [0.2, 0.25) is 0 Å². The summed E-state index contributed by atoms with van der Waals surface area (Å²) in [5.41, 5.74) is 2.81. The van der Waals surface area contributed by atoms with Crippen molar-refractivity contribution in [1.29, 1.82) is 0 Å². The highest BCUT2D eigenvalue weighted by molar-refractivity contribution is 5.84. The Morgan fingerprint density at radius 3 is 2.44 bits per heavy atom. The molecule has 2 aromatic carbocycles. The number of nitrogens with one attached hydrogen (secondary N) is 1. The topological polar surface area (TPSA) is 114 Å². The highest BCUT2D eigenvalue weighted by Crippen LogP contribution is 2.32. The van der Waals surface area contributed by atoms with Gasteiger partial charge in [-0.2, -0.15) is 14.6 Å². The first-order chi connectivity index (χ1) is 19.1. The second-order valence-electron chi connectivity index (χ2n) is 9.11. The van der Waals surface area contributed by atoms with Crippen LogP contribution < -0.4 is 15.0 Å². The third-order valence-corrected chi connectivity index (χ3v) is 6.70. The van der Waals surface area contributed by atoms with Crippen molar-refractivity contribution in [2.45, 2.75) is 19.4 Å². The van der Waals surface area contributed by atoms with E-state index >= 15 is 0 Å². The second kappa shape index (κ2) is 11.8. The fraction of sp³-hybridized carbons (Fsp3) is 0.321. The molecule has 0 unspecified atom stereocenters. The number of benzene rings is 2. The molecule has 1 atom stereocenters. The summed E-state index contributed by atoms with van der Waals surface area (Å²) < 4.78 is 12.3. The number of nitrogens with zero attached hydrogens (tertiary/aromatic N) is 6. The van der Waals surface area contributed by atoms with E-state index in [2.05, 4.69) is 25.3 Å². The summed E-state index contributed by atoms with van der Waals surface area (Å²) in [4.78, 5) is 38.5.